The minimum absolute atomic E-state index is 0.754. The second-order valence-electron chi connectivity index (χ2n) is 5.23. The number of benzene rings is 1. The molecule has 1 aromatic carbocycles. The monoisotopic (exact) mass is 358 g/mol. The van der Waals surface area contributed by atoms with Gasteiger partial charge in [0, 0.05) is 31.9 Å². The first-order valence-corrected chi connectivity index (χ1v) is 8.05. The van der Waals surface area contributed by atoms with Crippen molar-refractivity contribution in [2.45, 2.75) is 0 Å². The van der Waals surface area contributed by atoms with Gasteiger partial charge in [-0.15, -0.1) is 5.10 Å². The Bertz CT molecular complexity index is 791. The van der Waals surface area contributed by atoms with E-state index in [0.717, 1.165) is 47.6 Å². The molecule has 1 N–H and O–H groups in total. The lowest BCUT2D eigenvalue weighted by atomic mass is 10.2. The molecule has 112 valence electrons. The summed E-state index contributed by atoms with van der Waals surface area (Å²) < 4.78 is 2.54. The van der Waals surface area contributed by atoms with Crippen LogP contribution in [-0.4, -0.2) is 46.2 Å². The molecule has 2 aromatic heterocycles. The van der Waals surface area contributed by atoms with Crippen molar-refractivity contribution in [1.29, 1.82) is 0 Å². The van der Waals surface area contributed by atoms with E-state index in [1.54, 1.807) is 4.68 Å². The van der Waals surface area contributed by atoms with Gasteiger partial charge in [-0.25, -0.2) is 4.98 Å². The fraction of sp³-hybridized carbons (Fsp3) is 0.267. The first-order valence-electron chi connectivity index (χ1n) is 7.25. The Balaban J connectivity index is 1.68. The highest BCUT2D eigenvalue weighted by molar-refractivity contribution is 9.10. The van der Waals surface area contributed by atoms with Crippen LogP contribution < -0.4 is 10.2 Å². The van der Waals surface area contributed by atoms with Crippen molar-refractivity contribution in [2.75, 3.05) is 31.1 Å². The van der Waals surface area contributed by atoms with E-state index in [9.17, 15) is 0 Å². The van der Waals surface area contributed by atoms with Gasteiger partial charge in [0.1, 0.15) is 10.1 Å². The van der Waals surface area contributed by atoms with Crippen LogP contribution in [-0.2, 0) is 0 Å². The Hall–Kier alpha value is -1.99. The molecule has 0 spiro atoms. The maximum Gasteiger partial charge on any atom is 0.184 e. The topological polar surface area (TPSA) is 58.9 Å². The molecule has 0 aliphatic carbocycles. The number of nitrogens with zero attached hydrogens (tertiary/aromatic N) is 5. The van der Waals surface area contributed by atoms with Gasteiger partial charge in [-0.1, -0.05) is 5.21 Å². The highest BCUT2D eigenvalue weighted by Gasteiger charge is 2.12. The second-order valence-corrected chi connectivity index (χ2v) is 6.04. The van der Waals surface area contributed by atoms with Crippen LogP contribution in [0, 0.1) is 0 Å². The SMILES string of the molecule is Brc1ccc2nnn(-c3ccc(N4CCNCC4)cc3)c2n1. The van der Waals surface area contributed by atoms with E-state index in [0.29, 0.717) is 0 Å². The lowest BCUT2D eigenvalue weighted by molar-refractivity contribution is 0.589. The van der Waals surface area contributed by atoms with Crippen LogP contribution in [0.4, 0.5) is 5.69 Å². The first kappa shape index (κ1) is 13.7. The van der Waals surface area contributed by atoms with Crippen molar-refractivity contribution in [3.63, 3.8) is 0 Å². The molecule has 0 atom stereocenters. The Morgan fingerprint density at radius 1 is 0.955 bits per heavy atom. The molecule has 0 unspecified atom stereocenters. The van der Waals surface area contributed by atoms with Crippen LogP contribution in [0.1, 0.15) is 0 Å². The fourth-order valence-corrected chi connectivity index (χ4v) is 2.99. The van der Waals surface area contributed by atoms with Gasteiger partial charge < -0.3 is 10.2 Å². The number of halogens is 1. The molecule has 0 amide bonds. The Morgan fingerprint density at radius 2 is 1.68 bits per heavy atom. The zero-order valence-electron chi connectivity index (χ0n) is 11.9. The summed E-state index contributed by atoms with van der Waals surface area (Å²) in [6.45, 7) is 4.15. The molecule has 0 saturated carbocycles. The molecule has 1 fully saturated rings. The predicted molar refractivity (Wildman–Crippen MR) is 89.4 cm³/mol. The molecule has 1 aliphatic heterocycles. The van der Waals surface area contributed by atoms with Gasteiger partial charge in [0.2, 0.25) is 0 Å². The zero-order chi connectivity index (χ0) is 14.9. The van der Waals surface area contributed by atoms with Gasteiger partial charge in [-0.3, -0.25) is 0 Å². The van der Waals surface area contributed by atoms with Crippen molar-refractivity contribution < 1.29 is 0 Å². The second kappa shape index (κ2) is 5.66. The van der Waals surface area contributed by atoms with E-state index < -0.39 is 0 Å². The number of pyridine rings is 1. The largest absolute Gasteiger partial charge is 0.369 e. The third-order valence-electron chi connectivity index (χ3n) is 3.84. The molecule has 4 rings (SSSR count). The van der Waals surface area contributed by atoms with Crippen molar-refractivity contribution in [1.82, 2.24) is 25.3 Å². The lowest BCUT2D eigenvalue weighted by Gasteiger charge is -2.29. The number of piperazine rings is 1. The fourth-order valence-electron chi connectivity index (χ4n) is 2.69. The lowest BCUT2D eigenvalue weighted by Crippen LogP contribution is -2.43. The van der Waals surface area contributed by atoms with Crippen molar-refractivity contribution >= 4 is 32.8 Å². The summed E-state index contributed by atoms with van der Waals surface area (Å²) in [5.41, 5.74) is 3.74. The summed E-state index contributed by atoms with van der Waals surface area (Å²) in [7, 11) is 0. The summed E-state index contributed by atoms with van der Waals surface area (Å²) >= 11 is 3.39. The minimum Gasteiger partial charge on any atom is -0.369 e. The standard InChI is InChI=1S/C15H15BrN6/c16-14-6-5-13-15(18-14)22(20-19-13)12-3-1-11(2-4-12)21-9-7-17-8-10-21/h1-6,17H,7-10H2. The van der Waals surface area contributed by atoms with Gasteiger partial charge in [-0.05, 0) is 52.3 Å². The Labute approximate surface area is 136 Å². The van der Waals surface area contributed by atoms with Crippen LogP contribution >= 0.6 is 15.9 Å². The molecule has 0 bridgehead atoms. The van der Waals surface area contributed by atoms with Crippen molar-refractivity contribution in [3.05, 3.63) is 41.0 Å². The molecule has 3 aromatic rings. The van der Waals surface area contributed by atoms with E-state index in [-0.39, 0.29) is 0 Å². The third-order valence-corrected chi connectivity index (χ3v) is 4.28. The maximum absolute atomic E-state index is 4.46. The molecule has 0 radical (unpaired) electrons. The molecule has 1 aliphatic rings. The zero-order valence-corrected chi connectivity index (χ0v) is 13.5. The summed E-state index contributed by atoms with van der Waals surface area (Å²) in [6.07, 6.45) is 0. The third kappa shape index (κ3) is 2.46. The molecule has 7 heteroatoms. The summed E-state index contributed by atoms with van der Waals surface area (Å²) in [4.78, 5) is 6.84. The smallest absolute Gasteiger partial charge is 0.184 e. The summed E-state index contributed by atoms with van der Waals surface area (Å²) in [5, 5.41) is 11.7. The van der Waals surface area contributed by atoms with Crippen LogP contribution in [0.25, 0.3) is 16.9 Å². The number of anilines is 1. The van der Waals surface area contributed by atoms with E-state index in [2.05, 4.69) is 65.7 Å². The van der Waals surface area contributed by atoms with Crippen LogP contribution in [0.2, 0.25) is 0 Å². The van der Waals surface area contributed by atoms with Gasteiger partial charge in [0.25, 0.3) is 0 Å². The number of hydrogen-bond acceptors (Lipinski definition) is 5. The van der Waals surface area contributed by atoms with Gasteiger partial charge >= 0.3 is 0 Å². The molecular weight excluding hydrogens is 344 g/mol. The summed E-state index contributed by atoms with van der Waals surface area (Å²) in [5.74, 6) is 0. The minimum atomic E-state index is 0.754. The van der Waals surface area contributed by atoms with Gasteiger partial charge in [0.05, 0.1) is 5.69 Å². The maximum atomic E-state index is 4.46. The van der Waals surface area contributed by atoms with Gasteiger partial charge in [0.15, 0.2) is 5.65 Å². The van der Waals surface area contributed by atoms with E-state index >= 15 is 0 Å². The van der Waals surface area contributed by atoms with Crippen molar-refractivity contribution in [2.24, 2.45) is 0 Å². The van der Waals surface area contributed by atoms with E-state index in [1.807, 2.05) is 12.1 Å². The number of rotatable bonds is 2. The summed E-state index contributed by atoms with van der Waals surface area (Å²) in [6, 6.07) is 12.2. The van der Waals surface area contributed by atoms with Crippen LogP contribution in [0.5, 0.6) is 0 Å². The Kier molecular flexibility index (Phi) is 3.51. The van der Waals surface area contributed by atoms with E-state index in [4.69, 9.17) is 0 Å². The van der Waals surface area contributed by atoms with E-state index in [1.165, 1.54) is 5.69 Å². The average Bonchev–Trinajstić information content (AvgIpc) is 2.99. The molecule has 22 heavy (non-hydrogen) atoms. The number of hydrogen-bond donors (Lipinski definition) is 1. The number of aromatic nitrogens is 4. The molecule has 3 heterocycles. The van der Waals surface area contributed by atoms with Crippen LogP contribution in [0.15, 0.2) is 41.0 Å². The Morgan fingerprint density at radius 3 is 2.45 bits per heavy atom. The van der Waals surface area contributed by atoms with Gasteiger partial charge in [-0.2, -0.15) is 4.68 Å². The molecular formula is C15H15BrN6. The average molecular weight is 359 g/mol. The number of fused-ring (bicyclic) bond motifs is 1. The normalized spacial score (nSPS) is 15.4. The first-order chi connectivity index (χ1) is 10.8. The highest BCUT2D eigenvalue weighted by atomic mass is 79.9. The molecule has 6 nitrogen and oxygen atoms in total. The molecule has 1 saturated heterocycles. The quantitative estimate of drug-likeness (QED) is 0.710. The highest BCUT2D eigenvalue weighted by Crippen LogP contribution is 2.20. The van der Waals surface area contributed by atoms with Crippen molar-refractivity contribution in [3.8, 4) is 5.69 Å². The number of nitrogens with one attached hydrogen (secondary N) is 1. The predicted octanol–water partition coefficient (Wildman–Crippen LogP) is 1.99. The van der Waals surface area contributed by atoms with Crippen LogP contribution in [0.3, 0.4) is 0 Å².